The Morgan fingerprint density at radius 1 is 1.03 bits per heavy atom. The van der Waals surface area contributed by atoms with E-state index in [-0.39, 0.29) is 11.4 Å². The third-order valence-corrected chi connectivity index (χ3v) is 6.04. The van der Waals surface area contributed by atoms with Crippen LogP contribution in [-0.4, -0.2) is 38.8 Å². The van der Waals surface area contributed by atoms with Crippen molar-refractivity contribution in [3.8, 4) is 0 Å². The number of imidazole rings is 1. The van der Waals surface area contributed by atoms with Gasteiger partial charge in [0.2, 0.25) is 5.95 Å². The van der Waals surface area contributed by atoms with Gasteiger partial charge in [0, 0.05) is 31.9 Å². The maximum absolute atomic E-state index is 13.4. The number of benzene rings is 2. The summed E-state index contributed by atoms with van der Waals surface area (Å²) in [7, 11) is 0. The number of aromatic nitrogens is 4. The van der Waals surface area contributed by atoms with Gasteiger partial charge < -0.3 is 14.9 Å². The van der Waals surface area contributed by atoms with Gasteiger partial charge in [-0.3, -0.25) is 9.47 Å². The largest absolute Gasteiger partial charge is 0.342 e. The van der Waals surface area contributed by atoms with Gasteiger partial charge in [0.1, 0.15) is 12.1 Å². The number of anilines is 1. The number of hydrogen-bond acceptors (Lipinski definition) is 5. The van der Waals surface area contributed by atoms with Crippen LogP contribution in [-0.2, 0) is 6.54 Å². The molecule has 5 rings (SSSR count). The molecule has 0 saturated carbocycles. The quantitative estimate of drug-likeness (QED) is 0.507. The van der Waals surface area contributed by atoms with E-state index in [1.165, 1.54) is 24.5 Å². The zero-order valence-corrected chi connectivity index (χ0v) is 17.7. The molecule has 0 radical (unpaired) electrons. The molecule has 0 aliphatic carbocycles. The van der Waals surface area contributed by atoms with E-state index in [4.69, 9.17) is 4.98 Å². The first-order valence-corrected chi connectivity index (χ1v) is 10.9. The summed E-state index contributed by atoms with van der Waals surface area (Å²) in [5.74, 6) is 1.27. The number of nitrogens with zero attached hydrogens (tertiary/aromatic N) is 5. The van der Waals surface area contributed by atoms with Gasteiger partial charge in [0.25, 0.3) is 5.56 Å². The maximum atomic E-state index is 13.4. The Kier molecular flexibility index (Phi) is 5.58. The highest BCUT2D eigenvalue weighted by Crippen LogP contribution is 2.28. The van der Waals surface area contributed by atoms with Crippen LogP contribution in [0.4, 0.5) is 10.3 Å². The number of halogens is 1. The van der Waals surface area contributed by atoms with Crippen LogP contribution in [0.5, 0.6) is 0 Å². The van der Waals surface area contributed by atoms with Crippen molar-refractivity contribution in [1.82, 2.24) is 19.2 Å². The van der Waals surface area contributed by atoms with Crippen molar-refractivity contribution in [2.75, 3.05) is 30.0 Å². The molecule has 1 N–H and O–H groups in total. The van der Waals surface area contributed by atoms with Crippen molar-refractivity contribution < 1.29 is 4.39 Å². The number of nitrogens with one attached hydrogen (secondary N) is 1. The van der Waals surface area contributed by atoms with Crippen molar-refractivity contribution in [2.45, 2.75) is 19.4 Å². The summed E-state index contributed by atoms with van der Waals surface area (Å²) in [5, 5.41) is 0. The molecule has 3 heterocycles. The number of piperidine rings is 1. The molecule has 1 saturated heterocycles. The Bertz CT molecular complexity index is 1240. The van der Waals surface area contributed by atoms with Gasteiger partial charge in [-0.05, 0) is 48.6 Å². The van der Waals surface area contributed by atoms with E-state index in [1.807, 2.05) is 30.3 Å². The van der Waals surface area contributed by atoms with E-state index < -0.39 is 0 Å². The summed E-state index contributed by atoms with van der Waals surface area (Å²) >= 11 is 0. The molecule has 2 aromatic heterocycles. The lowest BCUT2D eigenvalue weighted by Gasteiger charge is -2.33. The van der Waals surface area contributed by atoms with Crippen molar-refractivity contribution in [3.05, 3.63) is 88.9 Å². The molecule has 32 heavy (non-hydrogen) atoms. The highest BCUT2D eigenvalue weighted by Gasteiger charge is 2.23. The second-order valence-electron chi connectivity index (χ2n) is 8.21. The summed E-state index contributed by atoms with van der Waals surface area (Å²) in [6.45, 7) is 3.31. The van der Waals surface area contributed by atoms with Crippen LogP contribution in [0.1, 0.15) is 18.4 Å². The number of para-hydroxylation sites is 2. The first kappa shape index (κ1) is 20.2. The van der Waals surface area contributed by atoms with Crippen molar-refractivity contribution in [2.24, 2.45) is 5.92 Å². The summed E-state index contributed by atoms with van der Waals surface area (Å²) in [4.78, 5) is 22.2. The fourth-order valence-corrected chi connectivity index (χ4v) is 4.24. The molecule has 1 aliphatic heterocycles. The SMILES string of the molecule is O=c1ccn(NCC2CCN(c3nc4ccccc4n3Cc3ccc(F)cc3)CC2)cn1. The lowest BCUT2D eigenvalue weighted by atomic mass is 9.97. The van der Waals surface area contributed by atoms with Crippen molar-refractivity contribution in [1.29, 1.82) is 0 Å². The van der Waals surface area contributed by atoms with E-state index >= 15 is 0 Å². The number of hydrogen-bond donors (Lipinski definition) is 1. The third-order valence-electron chi connectivity index (χ3n) is 6.04. The van der Waals surface area contributed by atoms with Gasteiger partial charge in [-0.15, -0.1) is 0 Å². The maximum Gasteiger partial charge on any atom is 0.272 e. The summed E-state index contributed by atoms with van der Waals surface area (Å²) in [5.41, 5.74) is 6.18. The predicted octanol–water partition coefficient (Wildman–Crippen LogP) is 3.24. The molecular weight excluding hydrogens is 407 g/mol. The first-order valence-electron chi connectivity index (χ1n) is 10.9. The standard InChI is InChI=1S/C24H25FN6O/c25-20-7-5-19(6-8-20)16-31-22-4-2-1-3-21(22)28-24(31)29-12-9-18(10-13-29)15-27-30-14-11-23(32)26-17-30/h1-8,11,14,17-18,27H,9-10,12-13,15-16H2. The molecule has 2 aromatic carbocycles. The van der Waals surface area contributed by atoms with E-state index in [0.29, 0.717) is 12.5 Å². The van der Waals surface area contributed by atoms with Crippen LogP contribution in [0.15, 0.2) is 71.9 Å². The molecule has 164 valence electrons. The lowest BCUT2D eigenvalue weighted by molar-refractivity contribution is 0.408. The fraction of sp³-hybridized carbons (Fsp3) is 0.292. The molecule has 0 unspecified atom stereocenters. The molecule has 1 aliphatic rings. The Morgan fingerprint density at radius 3 is 2.56 bits per heavy atom. The van der Waals surface area contributed by atoms with E-state index in [1.54, 1.807) is 10.9 Å². The van der Waals surface area contributed by atoms with Crippen molar-refractivity contribution >= 4 is 17.0 Å². The molecule has 1 fully saturated rings. The highest BCUT2D eigenvalue weighted by molar-refractivity contribution is 5.79. The van der Waals surface area contributed by atoms with Gasteiger partial charge in [-0.1, -0.05) is 24.3 Å². The third kappa shape index (κ3) is 4.34. The average Bonchev–Trinajstić information content (AvgIpc) is 3.19. The first-order chi connectivity index (χ1) is 15.7. The Balaban J connectivity index is 1.30. The Labute approximate surface area is 185 Å². The zero-order chi connectivity index (χ0) is 21.9. The minimum Gasteiger partial charge on any atom is -0.342 e. The Hall–Kier alpha value is -3.68. The van der Waals surface area contributed by atoms with Gasteiger partial charge in [-0.2, -0.15) is 4.98 Å². The van der Waals surface area contributed by atoms with Gasteiger partial charge >= 0.3 is 0 Å². The van der Waals surface area contributed by atoms with Crippen molar-refractivity contribution in [3.63, 3.8) is 0 Å². The fourth-order valence-electron chi connectivity index (χ4n) is 4.24. The van der Waals surface area contributed by atoms with Gasteiger partial charge in [-0.25, -0.2) is 9.37 Å². The van der Waals surface area contributed by atoms with Gasteiger partial charge in [0.15, 0.2) is 0 Å². The summed E-state index contributed by atoms with van der Waals surface area (Å²) in [6.07, 6.45) is 5.29. The van der Waals surface area contributed by atoms with E-state index in [2.05, 4.69) is 25.9 Å². The molecular formula is C24H25FN6O. The minimum absolute atomic E-state index is 0.224. The molecule has 0 spiro atoms. The number of fused-ring (bicyclic) bond motifs is 1. The van der Waals surface area contributed by atoms with Gasteiger partial charge in [0.05, 0.1) is 17.6 Å². The second-order valence-corrected chi connectivity index (χ2v) is 8.21. The Morgan fingerprint density at radius 2 is 1.81 bits per heavy atom. The van der Waals surface area contributed by atoms with Crippen LogP contribution in [0.3, 0.4) is 0 Å². The lowest BCUT2D eigenvalue weighted by Crippen LogP contribution is -2.38. The topological polar surface area (TPSA) is 68.0 Å². The number of rotatable bonds is 6. The van der Waals surface area contributed by atoms with Crippen LogP contribution >= 0.6 is 0 Å². The zero-order valence-electron chi connectivity index (χ0n) is 17.7. The molecule has 0 amide bonds. The van der Waals surface area contributed by atoms with Crippen LogP contribution in [0.25, 0.3) is 11.0 Å². The highest BCUT2D eigenvalue weighted by atomic mass is 19.1. The van der Waals surface area contributed by atoms with E-state index in [0.717, 1.165) is 55.0 Å². The molecule has 0 atom stereocenters. The second kappa shape index (κ2) is 8.82. The molecule has 4 aromatic rings. The average molecular weight is 433 g/mol. The molecule has 8 heteroatoms. The van der Waals surface area contributed by atoms with E-state index in [9.17, 15) is 9.18 Å². The monoisotopic (exact) mass is 432 g/mol. The van der Waals surface area contributed by atoms with Crippen LogP contribution < -0.4 is 15.9 Å². The molecule has 7 nitrogen and oxygen atoms in total. The normalized spacial score (nSPS) is 14.7. The van der Waals surface area contributed by atoms with Crippen LogP contribution in [0.2, 0.25) is 0 Å². The summed E-state index contributed by atoms with van der Waals surface area (Å²) in [6, 6.07) is 16.3. The minimum atomic E-state index is -0.236. The predicted molar refractivity (Wildman–Crippen MR) is 123 cm³/mol. The van der Waals surface area contributed by atoms with Crippen LogP contribution in [0, 0.1) is 11.7 Å². The smallest absolute Gasteiger partial charge is 0.272 e. The molecule has 0 bridgehead atoms. The summed E-state index contributed by atoms with van der Waals surface area (Å²) < 4.78 is 17.3.